The maximum atomic E-state index is 12.1. The first-order chi connectivity index (χ1) is 17.1. The first-order valence-electron chi connectivity index (χ1n) is 12.4. The molecule has 0 bridgehead atoms. The van der Waals surface area contributed by atoms with Crippen LogP contribution in [0.1, 0.15) is 6.92 Å². The Morgan fingerprint density at radius 3 is 2.81 bits per heavy atom. The van der Waals surface area contributed by atoms with Gasteiger partial charge in [0.15, 0.2) is 5.65 Å². The van der Waals surface area contributed by atoms with Gasteiger partial charge in [0.1, 0.15) is 6.73 Å². The molecule has 11 heteroatoms. The number of carbonyl (C=O) groups excluding carboxylic acids is 1. The molecule has 2 atom stereocenters. The topological polar surface area (TPSA) is 99.3 Å². The molecule has 0 spiro atoms. The van der Waals surface area contributed by atoms with E-state index in [1.807, 2.05) is 35.0 Å². The van der Waals surface area contributed by atoms with Gasteiger partial charge in [0.25, 0.3) is 0 Å². The number of aryl methyl sites for hydroxylation is 1. The average molecular weight is 512 g/mol. The molecule has 4 heterocycles. The third-order valence-corrected chi connectivity index (χ3v) is 8.16. The standard InChI is InChI=1S/C25H37N7O3Si/c1-7-22(33)32-13-18(2)19(14-32)16-35-24-21-8-9-31(17-34-10-11-36(4,5)6)23(21)28-25(29-24)27-20-12-26-30(3)15-20/h7-9,12,15,18-19H,1,10-11,13-14,16-17H2,2-6H3,(H,27,28,29). The second kappa shape index (κ2) is 10.8. The van der Waals surface area contributed by atoms with Gasteiger partial charge in [0, 0.05) is 53.1 Å². The number of fused-ring (bicyclic) bond motifs is 1. The minimum atomic E-state index is -1.16. The largest absolute Gasteiger partial charge is 0.477 e. The van der Waals surface area contributed by atoms with E-state index in [1.165, 1.54) is 6.08 Å². The van der Waals surface area contributed by atoms with E-state index < -0.39 is 8.07 Å². The molecule has 1 N–H and O–H groups in total. The summed E-state index contributed by atoms with van der Waals surface area (Å²) in [5.74, 6) is 1.43. The Hall–Kier alpha value is -3.18. The van der Waals surface area contributed by atoms with Crippen LogP contribution in [-0.4, -0.2) is 69.5 Å². The zero-order valence-electron chi connectivity index (χ0n) is 21.9. The molecule has 1 aliphatic heterocycles. The van der Waals surface area contributed by atoms with E-state index in [2.05, 4.69) is 48.5 Å². The molecule has 1 fully saturated rings. The molecule has 36 heavy (non-hydrogen) atoms. The Kier molecular flexibility index (Phi) is 7.79. The number of likely N-dealkylation sites (tertiary alicyclic amines) is 1. The van der Waals surface area contributed by atoms with E-state index >= 15 is 0 Å². The predicted molar refractivity (Wildman–Crippen MR) is 143 cm³/mol. The quantitative estimate of drug-likeness (QED) is 0.237. The lowest BCUT2D eigenvalue weighted by atomic mass is 9.99. The van der Waals surface area contributed by atoms with Gasteiger partial charge >= 0.3 is 0 Å². The van der Waals surface area contributed by atoms with Gasteiger partial charge in [0.2, 0.25) is 17.7 Å². The highest BCUT2D eigenvalue weighted by Crippen LogP contribution is 2.29. The maximum Gasteiger partial charge on any atom is 0.245 e. The zero-order chi connectivity index (χ0) is 25.9. The summed E-state index contributed by atoms with van der Waals surface area (Å²) < 4.78 is 15.9. The molecule has 0 saturated carbocycles. The van der Waals surface area contributed by atoms with Crippen molar-refractivity contribution in [1.29, 1.82) is 0 Å². The average Bonchev–Trinajstić information content (AvgIpc) is 3.52. The second-order valence-electron chi connectivity index (χ2n) is 10.7. The molecule has 194 valence electrons. The van der Waals surface area contributed by atoms with E-state index in [0.717, 1.165) is 29.4 Å². The summed E-state index contributed by atoms with van der Waals surface area (Å²) in [6.45, 7) is 15.7. The van der Waals surface area contributed by atoms with Crippen LogP contribution in [0, 0.1) is 11.8 Å². The summed E-state index contributed by atoms with van der Waals surface area (Å²) in [6, 6.07) is 3.07. The van der Waals surface area contributed by atoms with Crippen LogP contribution in [0.4, 0.5) is 11.6 Å². The molecule has 10 nitrogen and oxygen atoms in total. The van der Waals surface area contributed by atoms with Crippen molar-refractivity contribution in [2.24, 2.45) is 18.9 Å². The Labute approximate surface area is 213 Å². The molecule has 0 radical (unpaired) electrons. The van der Waals surface area contributed by atoms with Gasteiger partial charge in [-0.2, -0.15) is 15.1 Å². The van der Waals surface area contributed by atoms with Crippen LogP contribution in [0.15, 0.2) is 37.3 Å². The molecule has 4 rings (SSSR count). The van der Waals surface area contributed by atoms with Gasteiger partial charge in [-0.15, -0.1) is 0 Å². The first kappa shape index (κ1) is 25.9. The normalized spacial score (nSPS) is 18.1. The summed E-state index contributed by atoms with van der Waals surface area (Å²) in [4.78, 5) is 23.3. The van der Waals surface area contributed by atoms with Crippen molar-refractivity contribution in [1.82, 2.24) is 29.2 Å². The van der Waals surface area contributed by atoms with Gasteiger partial charge in [0.05, 0.1) is 23.9 Å². The number of amides is 1. The molecule has 1 aliphatic rings. The molecule has 0 aliphatic carbocycles. The maximum absolute atomic E-state index is 12.1. The first-order valence-corrected chi connectivity index (χ1v) is 16.1. The highest BCUT2D eigenvalue weighted by atomic mass is 28.3. The van der Waals surface area contributed by atoms with Gasteiger partial charge in [-0.05, 0) is 24.1 Å². The predicted octanol–water partition coefficient (Wildman–Crippen LogP) is 3.88. The van der Waals surface area contributed by atoms with E-state index in [1.54, 1.807) is 10.9 Å². The van der Waals surface area contributed by atoms with Crippen molar-refractivity contribution in [3.8, 4) is 5.88 Å². The number of nitrogens with zero attached hydrogens (tertiary/aromatic N) is 6. The number of aromatic nitrogens is 5. The number of hydrogen-bond donors (Lipinski definition) is 1. The summed E-state index contributed by atoms with van der Waals surface area (Å²) in [5, 5.41) is 8.26. The van der Waals surface area contributed by atoms with E-state index in [4.69, 9.17) is 14.5 Å². The summed E-state index contributed by atoms with van der Waals surface area (Å²) in [6.07, 6.45) is 6.90. The van der Waals surface area contributed by atoms with E-state index in [-0.39, 0.29) is 11.8 Å². The number of rotatable bonds is 11. The van der Waals surface area contributed by atoms with Crippen LogP contribution in [0.5, 0.6) is 5.88 Å². The SMILES string of the molecule is C=CC(=O)N1CC(C)C(COc2nc(Nc3cnn(C)c3)nc3c2ccn3COCC[Si](C)(C)C)C1. The Morgan fingerprint density at radius 1 is 1.31 bits per heavy atom. The van der Waals surface area contributed by atoms with Crippen molar-refractivity contribution in [2.75, 3.05) is 31.6 Å². The minimum absolute atomic E-state index is 0.0389. The second-order valence-corrected chi connectivity index (χ2v) is 16.4. The molecule has 1 saturated heterocycles. The lowest BCUT2D eigenvalue weighted by Gasteiger charge is -2.17. The Bertz CT molecular complexity index is 1220. The summed E-state index contributed by atoms with van der Waals surface area (Å²) in [5.41, 5.74) is 1.53. The Balaban J connectivity index is 1.54. The van der Waals surface area contributed by atoms with Crippen LogP contribution in [0.3, 0.4) is 0 Å². The third-order valence-electron chi connectivity index (χ3n) is 6.46. The fourth-order valence-corrected chi connectivity index (χ4v) is 4.97. The molecule has 3 aromatic rings. The fraction of sp³-hybridized carbons (Fsp3) is 0.520. The van der Waals surface area contributed by atoms with Crippen molar-refractivity contribution in [3.05, 3.63) is 37.3 Å². The number of nitrogens with one attached hydrogen (secondary N) is 1. The molecule has 3 aromatic heterocycles. The molecular formula is C25H37N7O3Si. The van der Waals surface area contributed by atoms with Crippen LogP contribution in [0.25, 0.3) is 11.0 Å². The van der Waals surface area contributed by atoms with Crippen molar-refractivity contribution < 1.29 is 14.3 Å². The van der Waals surface area contributed by atoms with Crippen LogP contribution in [0.2, 0.25) is 25.7 Å². The lowest BCUT2D eigenvalue weighted by molar-refractivity contribution is -0.125. The van der Waals surface area contributed by atoms with Gasteiger partial charge in [-0.3, -0.25) is 9.48 Å². The lowest BCUT2D eigenvalue weighted by Crippen LogP contribution is -2.27. The van der Waals surface area contributed by atoms with E-state index in [0.29, 0.717) is 44.2 Å². The highest BCUT2D eigenvalue weighted by Gasteiger charge is 2.32. The Morgan fingerprint density at radius 2 is 2.11 bits per heavy atom. The number of ether oxygens (including phenoxy) is 2. The van der Waals surface area contributed by atoms with E-state index in [9.17, 15) is 4.79 Å². The van der Waals surface area contributed by atoms with Gasteiger partial charge in [-0.1, -0.05) is 33.1 Å². The fourth-order valence-electron chi connectivity index (χ4n) is 4.21. The van der Waals surface area contributed by atoms with Crippen LogP contribution in [-0.2, 0) is 23.3 Å². The molecule has 2 unspecified atom stereocenters. The minimum Gasteiger partial charge on any atom is -0.477 e. The third kappa shape index (κ3) is 6.32. The number of hydrogen-bond acceptors (Lipinski definition) is 7. The summed E-state index contributed by atoms with van der Waals surface area (Å²) in [7, 11) is 0.693. The zero-order valence-corrected chi connectivity index (χ0v) is 22.9. The van der Waals surface area contributed by atoms with Crippen LogP contribution < -0.4 is 10.1 Å². The summed E-state index contributed by atoms with van der Waals surface area (Å²) >= 11 is 0. The van der Waals surface area contributed by atoms with Crippen molar-refractivity contribution in [3.63, 3.8) is 0 Å². The van der Waals surface area contributed by atoms with Gasteiger partial charge < -0.3 is 24.3 Å². The number of carbonyl (C=O) groups is 1. The molecule has 0 aromatic carbocycles. The van der Waals surface area contributed by atoms with Crippen molar-refractivity contribution in [2.45, 2.75) is 39.3 Å². The van der Waals surface area contributed by atoms with Crippen LogP contribution >= 0.6 is 0 Å². The van der Waals surface area contributed by atoms with Crippen molar-refractivity contribution >= 4 is 36.7 Å². The highest BCUT2D eigenvalue weighted by molar-refractivity contribution is 6.76. The van der Waals surface area contributed by atoms with Gasteiger partial charge in [-0.25, -0.2) is 0 Å². The molecule has 1 amide bonds. The molecular weight excluding hydrogens is 474 g/mol. The monoisotopic (exact) mass is 511 g/mol. The smallest absolute Gasteiger partial charge is 0.245 e. The number of anilines is 2.